The van der Waals surface area contributed by atoms with E-state index in [1.807, 2.05) is 12.4 Å². The smallest absolute Gasteiger partial charge is 0.146 e. The van der Waals surface area contributed by atoms with Crippen molar-refractivity contribution in [2.45, 2.75) is 19.8 Å². The fourth-order valence-corrected chi connectivity index (χ4v) is 3.62. The van der Waals surface area contributed by atoms with Crippen molar-refractivity contribution in [2.75, 3.05) is 11.5 Å². The van der Waals surface area contributed by atoms with E-state index in [-0.39, 0.29) is 0 Å². The number of ketones is 1. The Morgan fingerprint density at radius 1 is 1.64 bits per heavy atom. The number of rotatable bonds is 3. The zero-order chi connectivity index (χ0) is 9.97. The lowest BCUT2D eigenvalue weighted by atomic mass is 10.0. The summed E-state index contributed by atoms with van der Waals surface area (Å²) in [6.45, 7) is 2.04. The second-order valence-electron chi connectivity index (χ2n) is 3.58. The Hall–Kier alpha value is -0.350. The molecule has 1 unspecified atom stereocenters. The number of nitrogens with zero attached hydrogens (tertiary/aromatic N) is 1. The zero-order valence-corrected chi connectivity index (χ0v) is 9.79. The first-order valence-electron chi connectivity index (χ1n) is 4.77. The lowest BCUT2D eigenvalue weighted by Crippen LogP contribution is -2.11. The number of carbonyl (C=O) groups excluding carboxylic acids is 1. The first kappa shape index (κ1) is 10.2. The molecule has 4 heteroatoms. The van der Waals surface area contributed by atoms with E-state index in [0.29, 0.717) is 11.7 Å². The van der Waals surface area contributed by atoms with Crippen LogP contribution in [0.5, 0.6) is 0 Å². The molecule has 1 aliphatic heterocycles. The molecule has 2 nitrogen and oxygen atoms in total. The molecule has 1 fully saturated rings. The summed E-state index contributed by atoms with van der Waals surface area (Å²) >= 11 is 3.47. The molecule has 0 aliphatic carbocycles. The van der Waals surface area contributed by atoms with Gasteiger partial charge in [-0.05, 0) is 19.8 Å². The number of hydrogen-bond acceptors (Lipinski definition) is 4. The molecular weight excluding hydrogens is 214 g/mol. The SMILES string of the molecule is Cc1ncsc1CCC1CSCC1=O. The molecule has 14 heavy (non-hydrogen) atoms. The van der Waals surface area contributed by atoms with Gasteiger partial charge in [0.05, 0.1) is 17.0 Å². The molecule has 76 valence electrons. The fourth-order valence-electron chi connectivity index (χ4n) is 1.63. The standard InChI is InChI=1S/C10H13NOS2/c1-7-10(14-6-11-7)3-2-8-4-13-5-9(8)12/h6,8H,2-5H2,1H3. The summed E-state index contributed by atoms with van der Waals surface area (Å²) in [7, 11) is 0. The molecule has 0 spiro atoms. The average Bonchev–Trinajstić information content (AvgIpc) is 2.72. The van der Waals surface area contributed by atoms with Crippen LogP contribution in [-0.4, -0.2) is 22.3 Å². The first-order chi connectivity index (χ1) is 6.77. The monoisotopic (exact) mass is 227 g/mol. The Labute approximate surface area is 92.1 Å². The van der Waals surface area contributed by atoms with Crippen molar-refractivity contribution in [3.8, 4) is 0 Å². The third-order valence-electron chi connectivity index (χ3n) is 2.58. The maximum Gasteiger partial charge on any atom is 0.146 e. The Morgan fingerprint density at radius 3 is 3.07 bits per heavy atom. The van der Waals surface area contributed by atoms with E-state index in [1.165, 1.54) is 4.88 Å². The molecule has 1 saturated heterocycles. The van der Waals surface area contributed by atoms with Crippen LogP contribution in [0.1, 0.15) is 17.0 Å². The van der Waals surface area contributed by atoms with E-state index >= 15 is 0 Å². The van der Waals surface area contributed by atoms with Gasteiger partial charge in [-0.1, -0.05) is 0 Å². The topological polar surface area (TPSA) is 30.0 Å². The quantitative estimate of drug-likeness (QED) is 0.793. The van der Waals surface area contributed by atoms with E-state index in [1.54, 1.807) is 23.1 Å². The summed E-state index contributed by atoms with van der Waals surface area (Å²) in [6, 6.07) is 0. The van der Waals surface area contributed by atoms with Gasteiger partial charge in [0.1, 0.15) is 5.78 Å². The van der Waals surface area contributed by atoms with Crippen LogP contribution in [-0.2, 0) is 11.2 Å². The molecule has 0 radical (unpaired) electrons. The van der Waals surface area contributed by atoms with Crippen molar-refractivity contribution in [3.63, 3.8) is 0 Å². The van der Waals surface area contributed by atoms with Crippen LogP contribution in [0.2, 0.25) is 0 Å². The average molecular weight is 227 g/mol. The molecule has 0 bridgehead atoms. The molecule has 1 aromatic rings. The van der Waals surface area contributed by atoms with Crippen LogP contribution in [0.15, 0.2) is 5.51 Å². The highest BCUT2D eigenvalue weighted by Crippen LogP contribution is 2.25. The van der Waals surface area contributed by atoms with Crippen molar-refractivity contribution >= 4 is 28.9 Å². The van der Waals surface area contributed by atoms with Crippen molar-refractivity contribution in [1.29, 1.82) is 0 Å². The number of carbonyl (C=O) groups is 1. The number of thioether (sulfide) groups is 1. The molecular formula is C10H13NOS2. The highest BCUT2D eigenvalue weighted by molar-refractivity contribution is 8.00. The molecule has 2 heterocycles. The highest BCUT2D eigenvalue weighted by Gasteiger charge is 2.24. The minimum Gasteiger partial charge on any atom is -0.298 e. The van der Waals surface area contributed by atoms with Gasteiger partial charge in [0.15, 0.2) is 0 Å². The highest BCUT2D eigenvalue weighted by atomic mass is 32.2. The summed E-state index contributed by atoms with van der Waals surface area (Å²) in [5.74, 6) is 2.50. The number of hydrogen-bond donors (Lipinski definition) is 0. The van der Waals surface area contributed by atoms with Crippen LogP contribution in [0.3, 0.4) is 0 Å². The molecule has 0 saturated carbocycles. The molecule has 1 aromatic heterocycles. The van der Waals surface area contributed by atoms with E-state index < -0.39 is 0 Å². The van der Waals surface area contributed by atoms with E-state index in [4.69, 9.17) is 0 Å². The minimum atomic E-state index is 0.307. The third-order valence-corrected chi connectivity index (χ3v) is 4.71. The van der Waals surface area contributed by atoms with Gasteiger partial charge in [0.25, 0.3) is 0 Å². The Balaban J connectivity index is 1.88. The molecule has 0 amide bonds. The molecule has 1 aliphatic rings. The van der Waals surface area contributed by atoms with E-state index in [0.717, 1.165) is 30.0 Å². The summed E-state index contributed by atoms with van der Waals surface area (Å²) < 4.78 is 0. The largest absolute Gasteiger partial charge is 0.298 e. The fraction of sp³-hybridized carbons (Fsp3) is 0.600. The lowest BCUT2D eigenvalue weighted by molar-refractivity contribution is -0.119. The van der Waals surface area contributed by atoms with Gasteiger partial charge in [-0.2, -0.15) is 11.8 Å². The number of Topliss-reactive ketones (excluding diaryl/α,β-unsaturated/α-hetero) is 1. The lowest BCUT2D eigenvalue weighted by Gasteiger charge is -2.05. The maximum absolute atomic E-state index is 11.4. The second-order valence-corrected chi connectivity index (χ2v) is 5.55. The van der Waals surface area contributed by atoms with Gasteiger partial charge >= 0.3 is 0 Å². The summed E-state index contributed by atoms with van der Waals surface area (Å²) in [6.07, 6.45) is 2.03. The number of thiazole rings is 1. The van der Waals surface area contributed by atoms with Gasteiger partial charge in [-0.3, -0.25) is 4.79 Å². The van der Waals surface area contributed by atoms with E-state index in [9.17, 15) is 4.79 Å². The Morgan fingerprint density at radius 2 is 2.50 bits per heavy atom. The van der Waals surface area contributed by atoms with Gasteiger partial charge in [-0.15, -0.1) is 11.3 Å². The van der Waals surface area contributed by atoms with Crippen LogP contribution in [0, 0.1) is 12.8 Å². The predicted molar refractivity (Wildman–Crippen MR) is 61.0 cm³/mol. The Bertz CT molecular complexity index is 335. The van der Waals surface area contributed by atoms with Crippen molar-refractivity contribution < 1.29 is 4.79 Å². The first-order valence-corrected chi connectivity index (χ1v) is 6.80. The van der Waals surface area contributed by atoms with Crippen LogP contribution >= 0.6 is 23.1 Å². The summed E-state index contributed by atoms with van der Waals surface area (Å²) in [5.41, 5.74) is 3.02. The number of aromatic nitrogens is 1. The Kier molecular flexibility index (Phi) is 3.23. The van der Waals surface area contributed by atoms with Crippen LogP contribution in [0.4, 0.5) is 0 Å². The molecule has 0 N–H and O–H groups in total. The van der Waals surface area contributed by atoms with Gasteiger partial charge in [-0.25, -0.2) is 4.98 Å². The van der Waals surface area contributed by atoms with Crippen LogP contribution < -0.4 is 0 Å². The minimum absolute atomic E-state index is 0.307. The van der Waals surface area contributed by atoms with Crippen LogP contribution in [0.25, 0.3) is 0 Å². The van der Waals surface area contributed by atoms with E-state index in [2.05, 4.69) is 4.98 Å². The molecule has 2 rings (SSSR count). The van der Waals surface area contributed by atoms with Gasteiger partial charge < -0.3 is 0 Å². The van der Waals surface area contributed by atoms with Gasteiger partial charge in [0.2, 0.25) is 0 Å². The third kappa shape index (κ3) is 2.17. The van der Waals surface area contributed by atoms with Crippen molar-refractivity contribution in [3.05, 3.63) is 16.1 Å². The number of aryl methyl sites for hydroxylation is 2. The second kappa shape index (κ2) is 4.45. The molecule has 1 atom stereocenters. The predicted octanol–water partition coefficient (Wildman–Crippen LogP) is 2.32. The maximum atomic E-state index is 11.4. The molecule has 0 aromatic carbocycles. The van der Waals surface area contributed by atoms with Crippen molar-refractivity contribution in [1.82, 2.24) is 4.98 Å². The summed E-state index contributed by atoms with van der Waals surface area (Å²) in [4.78, 5) is 16.9. The summed E-state index contributed by atoms with van der Waals surface area (Å²) in [5, 5.41) is 0. The van der Waals surface area contributed by atoms with Crippen molar-refractivity contribution in [2.24, 2.45) is 5.92 Å². The zero-order valence-electron chi connectivity index (χ0n) is 8.16. The van der Waals surface area contributed by atoms with Gasteiger partial charge in [0, 0.05) is 16.5 Å². The normalized spacial score (nSPS) is 21.8.